The Morgan fingerprint density at radius 1 is 1.15 bits per heavy atom. The first-order valence-electron chi connectivity index (χ1n) is 9.28. The molecule has 5 nitrogen and oxygen atoms in total. The summed E-state index contributed by atoms with van der Waals surface area (Å²) in [7, 11) is 1.68. The zero-order valence-corrected chi connectivity index (χ0v) is 15.6. The van der Waals surface area contributed by atoms with E-state index in [1.807, 2.05) is 18.5 Å². The highest BCUT2D eigenvalue weighted by Crippen LogP contribution is 2.34. The Hall–Kier alpha value is -2.11. The largest absolute Gasteiger partial charge is 0.493 e. The maximum atomic E-state index is 9.80. The fourth-order valence-corrected chi connectivity index (χ4v) is 3.66. The molecule has 1 saturated heterocycles. The quantitative estimate of drug-likeness (QED) is 0.788. The van der Waals surface area contributed by atoms with Crippen molar-refractivity contribution in [2.75, 3.05) is 33.4 Å². The lowest BCUT2D eigenvalue weighted by molar-refractivity contribution is 0.214. The number of likely N-dealkylation sites (tertiary alicyclic amines) is 1. The van der Waals surface area contributed by atoms with Gasteiger partial charge in [0.05, 0.1) is 13.7 Å². The van der Waals surface area contributed by atoms with Crippen molar-refractivity contribution in [3.8, 4) is 11.5 Å². The second-order valence-corrected chi connectivity index (χ2v) is 6.86. The Labute approximate surface area is 155 Å². The number of pyridine rings is 1. The van der Waals surface area contributed by atoms with E-state index in [0.29, 0.717) is 12.5 Å². The maximum Gasteiger partial charge on any atom is 0.161 e. The molecule has 1 N–H and O–H groups in total. The third kappa shape index (κ3) is 4.34. The number of benzene rings is 1. The van der Waals surface area contributed by atoms with Gasteiger partial charge in [-0.15, -0.1) is 0 Å². The molecule has 0 radical (unpaired) electrons. The van der Waals surface area contributed by atoms with Gasteiger partial charge in [-0.3, -0.25) is 9.88 Å². The van der Waals surface area contributed by atoms with Crippen molar-refractivity contribution in [1.29, 1.82) is 0 Å². The third-order valence-electron chi connectivity index (χ3n) is 4.98. The average molecular weight is 356 g/mol. The lowest BCUT2D eigenvalue weighted by Gasteiger charge is -2.18. The van der Waals surface area contributed by atoms with Gasteiger partial charge in [0.2, 0.25) is 0 Å². The van der Waals surface area contributed by atoms with Crippen molar-refractivity contribution in [2.45, 2.75) is 25.8 Å². The van der Waals surface area contributed by atoms with Crippen molar-refractivity contribution in [1.82, 2.24) is 9.88 Å². The van der Waals surface area contributed by atoms with Crippen LogP contribution in [0.2, 0.25) is 0 Å². The highest BCUT2D eigenvalue weighted by atomic mass is 16.5. The molecule has 1 fully saturated rings. The standard InChI is InChI=1S/C21H28N2O3/c1-3-10-26-20-5-4-16(11-21(20)25-2)12-23-13-18(15-24)19(14-23)17-6-8-22-9-7-17/h4-9,11,18-19,24H,3,10,12-15H2,1-2H3/t18-,19-/m0/s1. The summed E-state index contributed by atoms with van der Waals surface area (Å²) in [5, 5.41) is 9.80. The summed E-state index contributed by atoms with van der Waals surface area (Å²) in [6.07, 6.45) is 4.62. The van der Waals surface area contributed by atoms with Crippen LogP contribution in [0.15, 0.2) is 42.7 Å². The second-order valence-electron chi connectivity index (χ2n) is 6.86. The van der Waals surface area contributed by atoms with Crippen molar-refractivity contribution in [2.24, 2.45) is 5.92 Å². The number of nitrogens with zero attached hydrogens (tertiary/aromatic N) is 2. The van der Waals surface area contributed by atoms with E-state index in [1.165, 1.54) is 11.1 Å². The molecule has 0 unspecified atom stereocenters. The smallest absolute Gasteiger partial charge is 0.161 e. The molecule has 0 amide bonds. The van der Waals surface area contributed by atoms with Crippen LogP contribution in [-0.4, -0.2) is 48.4 Å². The molecule has 1 aromatic carbocycles. The molecule has 3 rings (SSSR count). The van der Waals surface area contributed by atoms with E-state index in [4.69, 9.17) is 9.47 Å². The molecular weight excluding hydrogens is 328 g/mol. The van der Waals surface area contributed by atoms with Crippen LogP contribution in [0.25, 0.3) is 0 Å². The van der Waals surface area contributed by atoms with Crippen LogP contribution in [0.5, 0.6) is 11.5 Å². The Balaban J connectivity index is 1.69. The Morgan fingerprint density at radius 3 is 2.65 bits per heavy atom. The first kappa shape index (κ1) is 18.7. The molecule has 0 saturated carbocycles. The van der Waals surface area contributed by atoms with E-state index in [2.05, 4.69) is 41.1 Å². The van der Waals surface area contributed by atoms with Crippen molar-refractivity contribution >= 4 is 0 Å². The highest BCUT2D eigenvalue weighted by molar-refractivity contribution is 5.43. The minimum atomic E-state index is 0.205. The molecule has 1 aliphatic rings. The third-order valence-corrected chi connectivity index (χ3v) is 4.98. The van der Waals surface area contributed by atoms with Crippen LogP contribution in [-0.2, 0) is 6.54 Å². The summed E-state index contributed by atoms with van der Waals surface area (Å²) >= 11 is 0. The molecule has 5 heteroatoms. The zero-order chi connectivity index (χ0) is 18.4. The summed E-state index contributed by atoms with van der Waals surface area (Å²) in [6.45, 7) is 5.64. The maximum absolute atomic E-state index is 9.80. The van der Waals surface area contributed by atoms with Crippen LogP contribution in [0.4, 0.5) is 0 Å². The Morgan fingerprint density at radius 2 is 1.96 bits per heavy atom. The van der Waals surface area contributed by atoms with Gasteiger partial charge in [-0.05, 0) is 41.8 Å². The van der Waals surface area contributed by atoms with Crippen LogP contribution < -0.4 is 9.47 Å². The average Bonchev–Trinajstić information content (AvgIpc) is 3.10. The molecule has 1 aliphatic heterocycles. The van der Waals surface area contributed by atoms with Gasteiger partial charge in [0, 0.05) is 50.5 Å². The SMILES string of the molecule is CCCOc1ccc(CN2C[C@@H](CO)[C@H](c3ccncc3)C2)cc1OC. The lowest BCUT2D eigenvalue weighted by atomic mass is 9.90. The number of methoxy groups -OCH3 is 1. The van der Waals surface area contributed by atoms with E-state index in [9.17, 15) is 5.11 Å². The van der Waals surface area contributed by atoms with Crippen LogP contribution in [0.3, 0.4) is 0 Å². The molecule has 2 heterocycles. The molecule has 0 bridgehead atoms. The van der Waals surface area contributed by atoms with E-state index >= 15 is 0 Å². The van der Waals surface area contributed by atoms with Gasteiger partial charge in [-0.2, -0.15) is 0 Å². The summed E-state index contributed by atoms with van der Waals surface area (Å²) in [5.74, 6) is 2.17. The molecule has 0 aliphatic carbocycles. The van der Waals surface area contributed by atoms with E-state index in [1.54, 1.807) is 7.11 Å². The summed E-state index contributed by atoms with van der Waals surface area (Å²) in [6, 6.07) is 10.3. The van der Waals surface area contributed by atoms with Crippen LogP contribution in [0.1, 0.15) is 30.4 Å². The Bertz CT molecular complexity index is 693. The predicted octanol–water partition coefficient (Wildman–Crippen LogP) is 3.09. The topological polar surface area (TPSA) is 54.8 Å². The first-order valence-corrected chi connectivity index (χ1v) is 9.28. The molecule has 26 heavy (non-hydrogen) atoms. The first-order chi connectivity index (χ1) is 12.7. The number of aromatic nitrogens is 1. The van der Waals surface area contributed by atoms with Crippen molar-refractivity contribution in [3.63, 3.8) is 0 Å². The van der Waals surface area contributed by atoms with Gasteiger partial charge in [0.15, 0.2) is 11.5 Å². The summed E-state index contributed by atoms with van der Waals surface area (Å²) < 4.78 is 11.2. The lowest BCUT2D eigenvalue weighted by Crippen LogP contribution is -2.21. The van der Waals surface area contributed by atoms with Gasteiger partial charge in [0.1, 0.15) is 0 Å². The van der Waals surface area contributed by atoms with Gasteiger partial charge >= 0.3 is 0 Å². The van der Waals surface area contributed by atoms with Crippen LogP contribution in [0, 0.1) is 5.92 Å². The van der Waals surface area contributed by atoms with Gasteiger partial charge in [-0.1, -0.05) is 13.0 Å². The number of hydrogen-bond acceptors (Lipinski definition) is 5. The van der Waals surface area contributed by atoms with Gasteiger partial charge < -0.3 is 14.6 Å². The predicted molar refractivity (Wildman–Crippen MR) is 102 cm³/mol. The molecule has 0 spiro atoms. The van der Waals surface area contributed by atoms with Crippen LogP contribution >= 0.6 is 0 Å². The molecule has 2 atom stereocenters. The molecule has 140 valence electrons. The van der Waals surface area contributed by atoms with Gasteiger partial charge in [-0.25, -0.2) is 0 Å². The number of hydrogen-bond donors (Lipinski definition) is 1. The molecule has 1 aromatic heterocycles. The number of aliphatic hydroxyl groups excluding tert-OH is 1. The fourth-order valence-electron chi connectivity index (χ4n) is 3.66. The molecular formula is C21H28N2O3. The van der Waals surface area contributed by atoms with E-state index < -0.39 is 0 Å². The minimum Gasteiger partial charge on any atom is -0.493 e. The van der Waals surface area contributed by atoms with E-state index in [0.717, 1.165) is 37.6 Å². The number of ether oxygens (including phenoxy) is 2. The number of aliphatic hydroxyl groups is 1. The summed E-state index contributed by atoms with van der Waals surface area (Å²) in [4.78, 5) is 6.50. The summed E-state index contributed by atoms with van der Waals surface area (Å²) in [5.41, 5.74) is 2.44. The minimum absolute atomic E-state index is 0.205. The van der Waals surface area contributed by atoms with Gasteiger partial charge in [0.25, 0.3) is 0 Å². The zero-order valence-electron chi connectivity index (χ0n) is 15.6. The molecule has 2 aromatic rings. The number of rotatable bonds is 8. The Kier molecular flexibility index (Phi) is 6.47. The fraction of sp³-hybridized carbons (Fsp3) is 0.476. The normalized spacial score (nSPS) is 20.3. The monoisotopic (exact) mass is 356 g/mol. The second kappa shape index (κ2) is 9.01. The van der Waals surface area contributed by atoms with E-state index in [-0.39, 0.29) is 12.5 Å². The van der Waals surface area contributed by atoms with Crippen molar-refractivity contribution in [3.05, 3.63) is 53.9 Å². The van der Waals surface area contributed by atoms with Crippen molar-refractivity contribution < 1.29 is 14.6 Å². The highest BCUT2D eigenvalue weighted by Gasteiger charge is 2.33.